The number of aryl methyl sites for hydroxylation is 1. The minimum atomic E-state index is 0.784. The van der Waals surface area contributed by atoms with E-state index in [9.17, 15) is 0 Å². The normalized spacial score (nSPS) is 9.56. The SMILES string of the molecule is Cc1nccnc1CBr. The summed E-state index contributed by atoms with van der Waals surface area (Å²) in [4.78, 5) is 8.14. The molecule has 0 N–H and O–H groups in total. The maximum Gasteiger partial charge on any atom is 0.0721 e. The third-order valence-electron chi connectivity index (χ3n) is 1.11. The zero-order valence-corrected chi connectivity index (χ0v) is 6.72. The van der Waals surface area contributed by atoms with Crippen molar-refractivity contribution in [3.05, 3.63) is 23.8 Å². The molecule has 1 aromatic heterocycles. The lowest BCUT2D eigenvalue weighted by molar-refractivity contribution is 1.04. The molecule has 0 bridgehead atoms. The molecule has 0 spiro atoms. The van der Waals surface area contributed by atoms with Crippen LogP contribution in [0.4, 0.5) is 0 Å². The Morgan fingerprint density at radius 2 is 2.11 bits per heavy atom. The highest BCUT2D eigenvalue weighted by Crippen LogP contribution is 2.03. The fourth-order valence-electron chi connectivity index (χ4n) is 0.568. The average Bonchev–Trinajstić information content (AvgIpc) is 1.89. The summed E-state index contributed by atoms with van der Waals surface area (Å²) in [5.41, 5.74) is 2.01. The molecule has 1 rings (SSSR count). The topological polar surface area (TPSA) is 25.8 Å². The van der Waals surface area contributed by atoms with E-state index in [0.717, 1.165) is 16.7 Å². The smallest absolute Gasteiger partial charge is 0.0721 e. The monoisotopic (exact) mass is 186 g/mol. The molecule has 0 aromatic carbocycles. The van der Waals surface area contributed by atoms with Gasteiger partial charge in [-0.05, 0) is 6.92 Å². The van der Waals surface area contributed by atoms with E-state index >= 15 is 0 Å². The van der Waals surface area contributed by atoms with Gasteiger partial charge in [0.15, 0.2) is 0 Å². The van der Waals surface area contributed by atoms with E-state index in [2.05, 4.69) is 25.9 Å². The number of halogens is 1. The van der Waals surface area contributed by atoms with Gasteiger partial charge in [-0.15, -0.1) is 0 Å². The Bertz CT molecular complexity index is 200. The Morgan fingerprint density at radius 1 is 1.44 bits per heavy atom. The maximum atomic E-state index is 4.09. The number of aromatic nitrogens is 2. The van der Waals surface area contributed by atoms with E-state index in [4.69, 9.17) is 0 Å². The van der Waals surface area contributed by atoms with Crippen LogP contribution in [-0.4, -0.2) is 9.97 Å². The third-order valence-corrected chi connectivity index (χ3v) is 1.64. The molecule has 9 heavy (non-hydrogen) atoms. The third kappa shape index (κ3) is 1.48. The fourth-order valence-corrected chi connectivity index (χ4v) is 1.12. The minimum Gasteiger partial charge on any atom is -0.258 e. The maximum absolute atomic E-state index is 4.09. The van der Waals surface area contributed by atoms with Crippen LogP contribution in [0.1, 0.15) is 11.4 Å². The molecule has 1 heterocycles. The summed E-state index contributed by atoms with van der Waals surface area (Å²) >= 11 is 3.31. The summed E-state index contributed by atoms with van der Waals surface area (Å²) in [6.07, 6.45) is 3.39. The van der Waals surface area contributed by atoms with Gasteiger partial charge in [-0.2, -0.15) is 0 Å². The van der Waals surface area contributed by atoms with E-state index in [-0.39, 0.29) is 0 Å². The zero-order chi connectivity index (χ0) is 6.69. The number of rotatable bonds is 1. The summed E-state index contributed by atoms with van der Waals surface area (Å²) < 4.78 is 0. The van der Waals surface area contributed by atoms with Gasteiger partial charge in [0, 0.05) is 17.7 Å². The van der Waals surface area contributed by atoms with Crippen molar-refractivity contribution in [3.63, 3.8) is 0 Å². The lowest BCUT2D eigenvalue weighted by atomic mass is 10.4. The fraction of sp³-hybridized carbons (Fsp3) is 0.333. The zero-order valence-electron chi connectivity index (χ0n) is 5.13. The van der Waals surface area contributed by atoms with Crippen molar-refractivity contribution in [3.8, 4) is 0 Å². The van der Waals surface area contributed by atoms with Crippen molar-refractivity contribution in [2.45, 2.75) is 12.3 Å². The number of alkyl halides is 1. The van der Waals surface area contributed by atoms with Gasteiger partial charge in [0.2, 0.25) is 0 Å². The van der Waals surface area contributed by atoms with Gasteiger partial charge in [0.1, 0.15) is 0 Å². The summed E-state index contributed by atoms with van der Waals surface area (Å²) in [6.45, 7) is 1.95. The molecule has 0 saturated carbocycles. The Kier molecular flexibility index (Phi) is 2.16. The summed E-state index contributed by atoms with van der Waals surface area (Å²) in [5.74, 6) is 0. The molecule has 0 saturated heterocycles. The van der Waals surface area contributed by atoms with Crippen LogP contribution in [0.3, 0.4) is 0 Å². The molecule has 0 fully saturated rings. The summed E-state index contributed by atoms with van der Waals surface area (Å²) in [5, 5.41) is 0.784. The summed E-state index contributed by atoms with van der Waals surface area (Å²) in [6, 6.07) is 0. The second-order valence-electron chi connectivity index (χ2n) is 1.72. The Morgan fingerprint density at radius 3 is 2.56 bits per heavy atom. The average molecular weight is 187 g/mol. The predicted molar refractivity (Wildman–Crippen MR) is 39.4 cm³/mol. The van der Waals surface area contributed by atoms with Crippen molar-refractivity contribution < 1.29 is 0 Å². The van der Waals surface area contributed by atoms with Crippen molar-refractivity contribution >= 4 is 15.9 Å². The molecule has 3 heteroatoms. The van der Waals surface area contributed by atoms with Crippen LogP contribution in [-0.2, 0) is 5.33 Å². The van der Waals surface area contributed by atoms with Gasteiger partial charge in [-0.1, -0.05) is 15.9 Å². The molecule has 0 aliphatic carbocycles. The van der Waals surface area contributed by atoms with Crippen molar-refractivity contribution in [2.75, 3.05) is 0 Å². The Balaban J connectivity index is 3.01. The number of hydrogen-bond donors (Lipinski definition) is 0. The van der Waals surface area contributed by atoms with Crippen molar-refractivity contribution in [1.82, 2.24) is 9.97 Å². The van der Waals surface area contributed by atoms with Crippen LogP contribution in [0.5, 0.6) is 0 Å². The van der Waals surface area contributed by atoms with Crippen LogP contribution < -0.4 is 0 Å². The summed E-state index contributed by atoms with van der Waals surface area (Å²) in [7, 11) is 0. The highest BCUT2D eigenvalue weighted by atomic mass is 79.9. The molecule has 0 aliphatic rings. The highest BCUT2D eigenvalue weighted by Gasteiger charge is 1.94. The van der Waals surface area contributed by atoms with Gasteiger partial charge in [-0.25, -0.2) is 0 Å². The second-order valence-corrected chi connectivity index (χ2v) is 2.28. The molecule has 0 amide bonds. The second kappa shape index (κ2) is 2.92. The largest absolute Gasteiger partial charge is 0.258 e. The molecule has 0 radical (unpaired) electrons. The van der Waals surface area contributed by atoms with Gasteiger partial charge in [0.25, 0.3) is 0 Å². The molecule has 1 aromatic rings. The number of hydrogen-bond acceptors (Lipinski definition) is 2. The molecule has 0 unspecified atom stereocenters. The van der Waals surface area contributed by atoms with Crippen LogP contribution in [0.15, 0.2) is 12.4 Å². The Hall–Kier alpha value is -0.440. The lowest BCUT2D eigenvalue weighted by Gasteiger charge is -1.95. The quantitative estimate of drug-likeness (QED) is 0.625. The first-order chi connectivity index (χ1) is 4.34. The molecule has 0 atom stereocenters. The van der Waals surface area contributed by atoms with Crippen LogP contribution in [0.25, 0.3) is 0 Å². The lowest BCUT2D eigenvalue weighted by Crippen LogP contribution is -1.91. The molecule has 48 valence electrons. The van der Waals surface area contributed by atoms with E-state index < -0.39 is 0 Å². The van der Waals surface area contributed by atoms with Crippen LogP contribution in [0.2, 0.25) is 0 Å². The molecule has 0 aliphatic heterocycles. The van der Waals surface area contributed by atoms with Crippen molar-refractivity contribution in [2.24, 2.45) is 0 Å². The van der Waals surface area contributed by atoms with Gasteiger partial charge >= 0.3 is 0 Å². The number of nitrogens with zero attached hydrogens (tertiary/aromatic N) is 2. The first-order valence-corrected chi connectivity index (χ1v) is 3.79. The molecule has 2 nitrogen and oxygen atoms in total. The minimum absolute atomic E-state index is 0.784. The first-order valence-electron chi connectivity index (χ1n) is 2.67. The van der Waals surface area contributed by atoms with E-state index in [1.54, 1.807) is 12.4 Å². The Labute approximate surface area is 62.5 Å². The van der Waals surface area contributed by atoms with Crippen LogP contribution in [0, 0.1) is 6.92 Å². The van der Waals surface area contributed by atoms with E-state index in [1.807, 2.05) is 6.92 Å². The van der Waals surface area contributed by atoms with Gasteiger partial charge in [0.05, 0.1) is 11.4 Å². The van der Waals surface area contributed by atoms with E-state index in [1.165, 1.54) is 0 Å². The van der Waals surface area contributed by atoms with Crippen molar-refractivity contribution in [1.29, 1.82) is 0 Å². The first kappa shape index (κ1) is 6.68. The predicted octanol–water partition coefficient (Wildman–Crippen LogP) is 1.68. The van der Waals surface area contributed by atoms with Gasteiger partial charge < -0.3 is 0 Å². The molecular formula is C6H7BrN2. The highest BCUT2D eigenvalue weighted by molar-refractivity contribution is 9.08. The van der Waals surface area contributed by atoms with E-state index in [0.29, 0.717) is 0 Å². The standard InChI is InChI=1S/C6H7BrN2/c1-5-6(4-7)9-3-2-8-5/h2-3H,4H2,1H3. The van der Waals surface area contributed by atoms with Gasteiger partial charge in [-0.3, -0.25) is 9.97 Å². The van der Waals surface area contributed by atoms with Crippen LogP contribution >= 0.6 is 15.9 Å². The molecular weight excluding hydrogens is 180 g/mol.